The van der Waals surface area contributed by atoms with Crippen LogP contribution in [0.2, 0.25) is 0 Å². The van der Waals surface area contributed by atoms with Crippen LogP contribution in [0.25, 0.3) is 11.1 Å². The Labute approximate surface area is 253 Å². The van der Waals surface area contributed by atoms with Crippen LogP contribution in [0, 0.1) is 5.92 Å². The number of amides is 1. The predicted molar refractivity (Wildman–Crippen MR) is 168 cm³/mol. The number of ether oxygens (including phenoxy) is 2. The fraction of sp³-hybridized carbons (Fsp3) is 0.278. The van der Waals surface area contributed by atoms with Crippen molar-refractivity contribution in [1.82, 2.24) is 15.2 Å². The Bertz CT molecular complexity index is 1490. The van der Waals surface area contributed by atoms with Crippen molar-refractivity contribution in [3.05, 3.63) is 138 Å². The molecular weight excluding hydrogens is 538 g/mol. The molecule has 0 saturated carbocycles. The van der Waals surface area contributed by atoms with Crippen molar-refractivity contribution >= 4 is 5.91 Å². The van der Waals surface area contributed by atoms with E-state index in [0.717, 1.165) is 46.5 Å². The highest BCUT2D eigenvalue weighted by Gasteiger charge is 2.38. The van der Waals surface area contributed by atoms with E-state index in [-0.39, 0.29) is 30.6 Å². The molecule has 1 amide bonds. The van der Waals surface area contributed by atoms with Gasteiger partial charge in [-0.25, -0.2) is 0 Å². The number of hydrogen-bond donors (Lipinski definition) is 2. The molecule has 0 radical (unpaired) electrons. The van der Waals surface area contributed by atoms with E-state index in [1.54, 1.807) is 24.5 Å². The Kier molecular flexibility index (Phi) is 10.1. The summed E-state index contributed by atoms with van der Waals surface area (Å²) in [5.74, 6) is -0.0366. The van der Waals surface area contributed by atoms with E-state index in [1.807, 2.05) is 42.5 Å². The summed E-state index contributed by atoms with van der Waals surface area (Å²) in [6.45, 7) is 8.00. The van der Waals surface area contributed by atoms with Crippen LogP contribution in [0.15, 0.2) is 110 Å². The molecule has 7 nitrogen and oxygen atoms in total. The quantitative estimate of drug-likeness (QED) is 0.210. The van der Waals surface area contributed by atoms with Gasteiger partial charge in [0.05, 0.1) is 24.4 Å². The second kappa shape index (κ2) is 14.4. The van der Waals surface area contributed by atoms with E-state index in [1.165, 1.54) is 0 Å². The molecule has 2 heterocycles. The summed E-state index contributed by atoms with van der Waals surface area (Å²) in [6.07, 6.45) is 4.37. The summed E-state index contributed by atoms with van der Waals surface area (Å²) in [6, 6.07) is 27.9. The number of hydrogen-bond acceptors (Lipinski definition) is 6. The molecule has 222 valence electrons. The molecule has 1 aliphatic heterocycles. The third kappa shape index (κ3) is 7.63. The number of nitrogens with one attached hydrogen (secondary N) is 1. The van der Waals surface area contributed by atoms with Gasteiger partial charge >= 0.3 is 0 Å². The van der Waals surface area contributed by atoms with E-state index >= 15 is 0 Å². The van der Waals surface area contributed by atoms with Gasteiger partial charge in [-0.1, -0.05) is 79.7 Å². The van der Waals surface area contributed by atoms with Crippen LogP contribution in [-0.2, 0) is 22.6 Å². The lowest BCUT2D eigenvalue weighted by Crippen LogP contribution is -2.43. The van der Waals surface area contributed by atoms with E-state index in [2.05, 4.69) is 72.1 Å². The third-order valence-electron chi connectivity index (χ3n) is 7.88. The van der Waals surface area contributed by atoms with Crippen LogP contribution in [0.4, 0.5) is 0 Å². The second-order valence-corrected chi connectivity index (χ2v) is 11.1. The number of aliphatic hydroxyl groups is 1. The lowest BCUT2D eigenvalue weighted by atomic mass is 9.90. The molecule has 4 aromatic rings. The zero-order chi connectivity index (χ0) is 30.2. The zero-order valence-electron chi connectivity index (χ0n) is 24.7. The number of carbonyl (C=O) groups is 1. The number of benzene rings is 3. The van der Waals surface area contributed by atoms with Crippen molar-refractivity contribution < 1.29 is 19.4 Å². The number of aromatic nitrogens is 1. The number of carbonyl (C=O) groups excluding carboxylic acids is 1. The van der Waals surface area contributed by atoms with Gasteiger partial charge in [-0.15, -0.1) is 6.58 Å². The Morgan fingerprint density at radius 3 is 2.44 bits per heavy atom. The van der Waals surface area contributed by atoms with Crippen molar-refractivity contribution in [2.75, 3.05) is 20.1 Å². The molecule has 1 aliphatic rings. The minimum absolute atomic E-state index is 0.0113. The highest BCUT2D eigenvalue weighted by atomic mass is 16.7. The largest absolute Gasteiger partial charge is 0.392 e. The first kappa shape index (κ1) is 30.3. The van der Waals surface area contributed by atoms with Crippen molar-refractivity contribution in [1.29, 1.82) is 0 Å². The van der Waals surface area contributed by atoms with Crippen LogP contribution < -0.4 is 5.32 Å². The highest BCUT2D eigenvalue weighted by molar-refractivity contribution is 5.93. The van der Waals surface area contributed by atoms with Crippen LogP contribution in [-0.4, -0.2) is 47.1 Å². The van der Waals surface area contributed by atoms with Gasteiger partial charge in [-0.3, -0.25) is 9.78 Å². The molecule has 1 aromatic heterocycles. The molecule has 0 spiro atoms. The minimum Gasteiger partial charge on any atom is -0.392 e. The Morgan fingerprint density at radius 2 is 1.74 bits per heavy atom. The van der Waals surface area contributed by atoms with Gasteiger partial charge in [0.1, 0.15) is 0 Å². The molecule has 3 aromatic carbocycles. The summed E-state index contributed by atoms with van der Waals surface area (Å²) >= 11 is 0. The van der Waals surface area contributed by atoms with Crippen molar-refractivity contribution in [2.45, 2.75) is 38.6 Å². The van der Waals surface area contributed by atoms with Crippen LogP contribution in [0.5, 0.6) is 0 Å². The zero-order valence-corrected chi connectivity index (χ0v) is 24.7. The number of nitrogens with zero attached hydrogens (tertiary/aromatic N) is 2. The van der Waals surface area contributed by atoms with E-state index < -0.39 is 6.29 Å². The summed E-state index contributed by atoms with van der Waals surface area (Å²) in [5, 5.41) is 12.5. The fourth-order valence-corrected chi connectivity index (χ4v) is 5.41. The van der Waals surface area contributed by atoms with Crippen LogP contribution in [0.3, 0.4) is 0 Å². The molecule has 43 heavy (non-hydrogen) atoms. The monoisotopic (exact) mass is 577 g/mol. The normalized spacial score (nSPS) is 20.1. The molecule has 1 saturated heterocycles. The first-order chi connectivity index (χ1) is 20.9. The molecular formula is C36H39N3O4. The van der Waals surface area contributed by atoms with E-state index in [0.29, 0.717) is 12.1 Å². The van der Waals surface area contributed by atoms with Gasteiger partial charge in [0.25, 0.3) is 5.91 Å². The average Bonchev–Trinajstić information content (AvgIpc) is 3.05. The predicted octanol–water partition coefficient (Wildman–Crippen LogP) is 6.08. The smallest absolute Gasteiger partial charge is 0.253 e. The van der Waals surface area contributed by atoms with Gasteiger partial charge in [-0.05, 0) is 53.1 Å². The van der Waals surface area contributed by atoms with Crippen molar-refractivity contribution in [3.8, 4) is 11.1 Å². The number of aliphatic hydroxyl groups excluding tert-OH is 1. The second-order valence-electron chi connectivity index (χ2n) is 11.1. The first-order valence-corrected chi connectivity index (χ1v) is 14.6. The minimum atomic E-state index is -0.524. The van der Waals surface area contributed by atoms with Crippen LogP contribution in [0.1, 0.15) is 51.9 Å². The number of pyridine rings is 1. The van der Waals surface area contributed by atoms with Gasteiger partial charge in [-0.2, -0.15) is 0 Å². The molecule has 5 rings (SSSR count). The van der Waals surface area contributed by atoms with E-state index in [9.17, 15) is 9.90 Å². The SMILES string of the molecule is C=CCN(C)C[C@H]1O[C@@H](c2ccc(-c3cccc(CNC(=O)c4cccnc4)c3)cc2)O[C@@H](c2ccc(CO)cc2)[C@H]1C. The topological polar surface area (TPSA) is 83.9 Å². The molecule has 0 unspecified atom stereocenters. The molecule has 0 aliphatic carbocycles. The highest BCUT2D eigenvalue weighted by Crippen LogP contribution is 2.42. The van der Waals surface area contributed by atoms with Gasteiger partial charge in [0.2, 0.25) is 0 Å². The summed E-state index contributed by atoms with van der Waals surface area (Å²) in [7, 11) is 2.07. The molecule has 7 heteroatoms. The Hall–Kier alpha value is -4.14. The Balaban J connectivity index is 1.31. The standard InChI is InChI=1S/C36H39N3O4/c1-4-19-39(3)23-33-25(2)34(29-12-10-26(24-40)11-13-29)43-36(42-33)30-16-14-28(15-17-30)31-8-5-7-27(20-31)21-38-35(41)32-9-6-18-37-22-32/h4-18,20,22,25,33-34,36,40H,1,19,21,23-24H2,2-3H3,(H,38,41)/t25-,33+,34+,36+/m0/s1. The van der Waals surface area contributed by atoms with Crippen molar-refractivity contribution in [3.63, 3.8) is 0 Å². The number of rotatable bonds is 11. The maximum atomic E-state index is 12.4. The maximum Gasteiger partial charge on any atom is 0.253 e. The van der Waals surface area contributed by atoms with Gasteiger partial charge in [0.15, 0.2) is 6.29 Å². The third-order valence-corrected chi connectivity index (χ3v) is 7.88. The molecule has 0 bridgehead atoms. The Morgan fingerprint density at radius 1 is 0.977 bits per heavy atom. The maximum absolute atomic E-state index is 12.4. The molecule has 2 N–H and O–H groups in total. The lowest BCUT2D eigenvalue weighted by molar-refractivity contribution is -0.275. The lowest BCUT2D eigenvalue weighted by Gasteiger charge is -2.42. The summed E-state index contributed by atoms with van der Waals surface area (Å²) in [5.41, 5.74) is 6.56. The van der Waals surface area contributed by atoms with Crippen molar-refractivity contribution in [2.24, 2.45) is 5.92 Å². The summed E-state index contributed by atoms with van der Waals surface area (Å²) < 4.78 is 13.2. The van der Waals surface area contributed by atoms with Gasteiger partial charge < -0.3 is 24.8 Å². The van der Waals surface area contributed by atoms with E-state index in [4.69, 9.17) is 9.47 Å². The van der Waals surface area contributed by atoms with Gasteiger partial charge in [0, 0.05) is 43.5 Å². The molecule has 1 fully saturated rings. The fourth-order valence-electron chi connectivity index (χ4n) is 5.41. The first-order valence-electron chi connectivity index (χ1n) is 14.6. The average molecular weight is 578 g/mol. The summed E-state index contributed by atoms with van der Waals surface area (Å²) in [4.78, 5) is 18.7. The number of likely N-dealkylation sites (N-methyl/N-ethyl adjacent to an activating group) is 1. The molecule has 4 atom stereocenters. The van der Waals surface area contributed by atoms with Crippen LogP contribution >= 0.6 is 0 Å².